The zero-order valence-electron chi connectivity index (χ0n) is 13.1. The van der Waals surface area contributed by atoms with E-state index in [-0.39, 0.29) is 5.54 Å². The Hall–Kier alpha value is -1.46. The third-order valence-corrected chi connectivity index (χ3v) is 4.31. The second-order valence-corrected chi connectivity index (χ2v) is 5.91. The van der Waals surface area contributed by atoms with E-state index in [0.29, 0.717) is 23.3 Å². The Morgan fingerprint density at radius 1 is 1.05 bits per heavy atom. The first-order chi connectivity index (χ1) is 10.0. The van der Waals surface area contributed by atoms with Gasteiger partial charge in [-0.2, -0.15) is 0 Å². The maximum absolute atomic E-state index is 6.54. The third kappa shape index (κ3) is 3.60. The Morgan fingerprint density at radius 2 is 1.57 bits per heavy atom. The summed E-state index contributed by atoms with van der Waals surface area (Å²) < 4.78 is 16.1. The van der Waals surface area contributed by atoms with E-state index in [1.165, 1.54) is 0 Å². The molecule has 118 valence electrons. The highest BCUT2D eigenvalue weighted by Crippen LogP contribution is 2.39. The molecule has 0 aromatic heterocycles. The van der Waals surface area contributed by atoms with E-state index in [1.807, 2.05) is 12.1 Å². The molecule has 1 saturated carbocycles. The molecular weight excluding hydrogens is 268 g/mol. The average Bonchev–Trinajstić information content (AvgIpc) is 2.49. The van der Waals surface area contributed by atoms with Crippen LogP contribution in [-0.2, 0) is 6.42 Å². The molecule has 0 saturated heterocycles. The molecule has 0 unspecified atom stereocenters. The normalized spacial score (nSPS) is 25.5. The number of hydrogen-bond acceptors (Lipinski definition) is 5. The fourth-order valence-corrected chi connectivity index (χ4v) is 3.04. The number of rotatable bonds is 5. The first-order valence-corrected chi connectivity index (χ1v) is 7.34. The third-order valence-electron chi connectivity index (χ3n) is 4.31. The van der Waals surface area contributed by atoms with Crippen LogP contribution in [0.25, 0.3) is 0 Å². The lowest BCUT2D eigenvalue weighted by atomic mass is 9.76. The highest BCUT2D eigenvalue weighted by molar-refractivity contribution is 5.54. The topological polar surface area (TPSA) is 79.7 Å². The molecule has 1 aromatic rings. The Kier molecular flexibility index (Phi) is 4.96. The average molecular weight is 294 g/mol. The number of methoxy groups -OCH3 is 3. The molecule has 5 heteroatoms. The summed E-state index contributed by atoms with van der Waals surface area (Å²) in [5.74, 6) is 1.95. The summed E-state index contributed by atoms with van der Waals surface area (Å²) in [6.07, 6.45) is 4.66. The van der Waals surface area contributed by atoms with Gasteiger partial charge in [0.05, 0.1) is 21.3 Å². The van der Waals surface area contributed by atoms with Crippen molar-refractivity contribution in [1.29, 1.82) is 0 Å². The van der Waals surface area contributed by atoms with Gasteiger partial charge < -0.3 is 25.7 Å². The summed E-state index contributed by atoms with van der Waals surface area (Å²) in [6, 6.07) is 4.25. The zero-order valence-corrected chi connectivity index (χ0v) is 13.1. The van der Waals surface area contributed by atoms with Gasteiger partial charge in [-0.05, 0) is 49.8 Å². The summed E-state index contributed by atoms with van der Waals surface area (Å²) in [5.41, 5.74) is 13.4. The molecule has 21 heavy (non-hydrogen) atoms. The number of ether oxygens (including phenoxy) is 3. The van der Waals surface area contributed by atoms with E-state index >= 15 is 0 Å². The Bertz CT molecular complexity index is 457. The lowest BCUT2D eigenvalue weighted by Crippen LogP contribution is -2.47. The first kappa shape index (κ1) is 15.9. The van der Waals surface area contributed by atoms with Crippen LogP contribution in [0.15, 0.2) is 12.1 Å². The summed E-state index contributed by atoms with van der Waals surface area (Å²) >= 11 is 0. The Labute approximate surface area is 126 Å². The van der Waals surface area contributed by atoms with Crippen LogP contribution in [0, 0.1) is 0 Å². The van der Waals surface area contributed by atoms with Crippen molar-refractivity contribution in [2.75, 3.05) is 21.3 Å². The van der Waals surface area contributed by atoms with Crippen LogP contribution in [-0.4, -0.2) is 32.9 Å². The summed E-state index contributed by atoms with van der Waals surface area (Å²) in [4.78, 5) is 0. The van der Waals surface area contributed by atoms with Crippen LogP contribution >= 0.6 is 0 Å². The van der Waals surface area contributed by atoms with E-state index < -0.39 is 0 Å². The molecule has 0 heterocycles. The predicted molar refractivity (Wildman–Crippen MR) is 83.2 cm³/mol. The van der Waals surface area contributed by atoms with Crippen molar-refractivity contribution in [2.24, 2.45) is 11.5 Å². The van der Waals surface area contributed by atoms with Gasteiger partial charge in [-0.25, -0.2) is 0 Å². The monoisotopic (exact) mass is 294 g/mol. The molecule has 1 fully saturated rings. The van der Waals surface area contributed by atoms with E-state index in [4.69, 9.17) is 25.7 Å². The van der Waals surface area contributed by atoms with Crippen molar-refractivity contribution in [3.63, 3.8) is 0 Å². The number of nitrogens with two attached hydrogens (primary N) is 2. The van der Waals surface area contributed by atoms with Gasteiger partial charge in [0.15, 0.2) is 11.5 Å². The molecule has 2 rings (SSSR count). The van der Waals surface area contributed by atoms with Crippen LogP contribution in [0.5, 0.6) is 17.2 Å². The van der Waals surface area contributed by atoms with Crippen molar-refractivity contribution in [3.8, 4) is 17.2 Å². The molecular formula is C16H26N2O3. The minimum Gasteiger partial charge on any atom is -0.493 e. The lowest BCUT2D eigenvalue weighted by molar-refractivity contribution is 0.270. The van der Waals surface area contributed by atoms with Crippen molar-refractivity contribution < 1.29 is 14.2 Å². The molecule has 1 aliphatic rings. The standard InChI is InChI=1S/C16H26N2O3/c1-19-13-8-11(9-14(20-2)15(13)21-3)10-16(18)6-4-12(17)5-7-16/h8-9,12H,4-7,10,17-18H2,1-3H3. The smallest absolute Gasteiger partial charge is 0.203 e. The Balaban J connectivity index is 2.24. The quantitative estimate of drug-likeness (QED) is 0.866. The summed E-state index contributed by atoms with van der Waals surface area (Å²) in [5, 5.41) is 0. The number of hydrogen-bond donors (Lipinski definition) is 2. The van der Waals surface area contributed by atoms with Gasteiger partial charge in [0.1, 0.15) is 0 Å². The molecule has 0 bridgehead atoms. The Morgan fingerprint density at radius 3 is 2.00 bits per heavy atom. The first-order valence-electron chi connectivity index (χ1n) is 7.34. The van der Waals surface area contributed by atoms with Gasteiger partial charge in [-0.15, -0.1) is 0 Å². The fourth-order valence-electron chi connectivity index (χ4n) is 3.04. The molecule has 0 amide bonds. The number of benzene rings is 1. The maximum Gasteiger partial charge on any atom is 0.203 e. The summed E-state index contributed by atoms with van der Waals surface area (Å²) in [6.45, 7) is 0. The lowest BCUT2D eigenvalue weighted by Gasteiger charge is -2.36. The molecule has 0 spiro atoms. The molecule has 1 aliphatic carbocycles. The molecule has 0 radical (unpaired) electrons. The van der Waals surface area contributed by atoms with E-state index in [9.17, 15) is 0 Å². The van der Waals surface area contributed by atoms with Crippen molar-refractivity contribution in [2.45, 2.75) is 43.7 Å². The van der Waals surface area contributed by atoms with Gasteiger partial charge in [0, 0.05) is 11.6 Å². The molecule has 1 aromatic carbocycles. The van der Waals surface area contributed by atoms with Crippen molar-refractivity contribution >= 4 is 0 Å². The van der Waals surface area contributed by atoms with Gasteiger partial charge in [-0.3, -0.25) is 0 Å². The maximum atomic E-state index is 6.54. The van der Waals surface area contributed by atoms with Crippen molar-refractivity contribution in [3.05, 3.63) is 17.7 Å². The van der Waals surface area contributed by atoms with Gasteiger partial charge in [0.25, 0.3) is 0 Å². The molecule has 0 aliphatic heterocycles. The largest absolute Gasteiger partial charge is 0.493 e. The molecule has 4 N–H and O–H groups in total. The van der Waals surface area contributed by atoms with Crippen LogP contribution in [0.1, 0.15) is 31.2 Å². The van der Waals surface area contributed by atoms with E-state index in [1.54, 1.807) is 21.3 Å². The molecule has 0 atom stereocenters. The minimum absolute atomic E-state index is 0.194. The van der Waals surface area contributed by atoms with Gasteiger partial charge in [0.2, 0.25) is 5.75 Å². The molecule has 5 nitrogen and oxygen atoms in total. The van der Waals surface area contributed by atoms with Crippen molar-refractivity contribution in [1.82, 2.24) is 0 Å². The second kappa shape index (κ2) is 6.54. The summed E-state index contributed by atoms with van der Waals surface area (Å²) in [7, 11) is 4.85. The zero-order chi connectivity index (χ0) is 15.5. The second-order valence-electron chi connectivity index (χ2n) is 5.91. The van der Waals surface area contributed by atoms with Gasteiger partial charge in [-0.1, -0.05) is 0 Å². The van der Waals surface area contributed by atoms with Crippen LogP contribution in [0.2, 0.25) is 0 Å². The minimum atomic E-state index is -0.194. The van der Waals surface area contributed by atoms with E-state index in [2.05, 4.69) is 0 Å². The van der Waals surface area contributed by atoms with Gasteiger partial charge >= 0.3 is 0 Å². The predicted octanol–water partition coefficient (Wildman–Crippen LogP) is 1.85. The highest BCUT2D eigenvalue weighted by atomic mass is 16.5. The fraction of sp³-hybridized carbons (Fsp3) is 0.625. The highest BCUT2D eigenvalue weighted by Gasteiger charge is 2.31. The van der Waals surface area contributed by atoms with Crippen LogP contribution in [0.3, 0.4) is 0 Å². The van der Waals surface area contributed by atoms with Crippen LogP contribution < -0.4 is 25.7 Å². The van der Waals surface area contributed by atoms with E-state index in [0.717, 1.165) is 37.7 Å². The van der Waals surface area contributed by atoms with Crippen LogP contribution in [0.4, 0.5) is 0 Å². The SMILES string of the molecule is COc1cc(CC2(N)CCC(N)CC2)cc(OC)c1OC.